The predicted octanol–water partition coefficient (Wildman–Crippen LogP) is 6.35. The number of hydrogen-bond donors (Lipinski definition) is 2. The smallest absolute Gasteiger partial charge is 0.324 e. The van der Waals surface area contributed by atoms with Gasteiger partial charge in [-0.2, -0.15) is 5.10 Å². The number of aryl methyl sites for hydroxylation is 1. The van der Waals surface area contributed by atoms with E-state index in [1.54, 1.807) is 47.0 Å². The molecule has 37 heavy (non-hydrogen) atoms. The lowest BCUT2D eigenvalue weighted by Gasteiger charge is -2.32. The number of rotatable bonds is 5. The fourth-order valence-corrected chi connectivity index (χ4v) is 4.63. The molecule has 2 heterocycles. The molecule has 1 aromatic heterocycles. The first-order chi connectivity index (χ1) is 17.5. The van der Waals surface area contributed by atoms with E-state index in [1.807, 2.05) is 18.2 Å². The fourth-order valence-electron chi connectivity index (χ4n) is 4.08. The lowest BCUT2D eigenvalue weighted by atomic mass is 9.92. The first kappa shape index (κ1) is 26.8. The van der Waals surface area contributed by atoms with Gasteiger partial charge in [0.1, 0.15) is 17.7 Å². The van der Waals surface area contributed by atoms with Crippen molar-refractivity contribution >= 4 is 46.6 Å². The van der Waals surface area contributed by atoms with Crippen LogP contribution in [0.4, 0.5) is 16.3 Å². The minimum atomic E-state index is -0.354. The molecule has 0 spiro atoms. The van der Waals surface area contributed by atoms with Gasteiger partial charge >= 0.3 is 6.03 Å². The molecule has 2 aromatic carbocycles. The highest BCUT2D eigenvalue weighted by atomic mass is 35.5. The zero-order chi connectivity index (χ0) is 26.7. The van der Waals surface area contributed by atoms with E-state index >= 15 is 0 Å². The van der Waals surface area contributed by atoms with E-state index < -0.39 is 0 Å². The number of anilines is 2. The molecule has 0 saturated carbocycles. The van der Waals surface area contributed by atoms with E-state index in [4.69, 9.17) is 27.9 Å². The summed E-state index contributed by atoms with van der Waals surface area (Å²) >= 11 is 12.4. The number of hydrogen-bond acceptors (Lipinski definition) is 4. The number of nitrogens with zero attached hydrogens (tertiary/aromatic N) is 3. The van der Waals surface area contributed by atoms with E-state index in [1.165, 1.54) is 0 Å². The van der Waals surface area contributed by atoms with Crippen molar-refractivity contribution in [1.29, 1.82) is 0 Å². The average Bonchev–Trinajstić information content (AvgIpc) is 3.21. The number of ether oxygens (including phenoxy) is 1. The second-order valence-corrected chi connectivity index (χ2v) is 10.9. The number of carbonyl (C=O) groups excluding carboxylic acids is 2. The van der Waals surface area contributed by atoms with Gasteiger partial charge < -0.3 is 15.0 Å². The van der Waals surface area contributed by atoms with Crippen molar-refractivity contribution in [1.82, 2.24) is 14.7 Å². The van der Waals surface area contributed by atoms with Crippen molar-refractivity contribution in [3.05, 3.63) is 69.8 Å². The number of urea groups is 1. The van der Waals surface area contributed by atoms with Crippen molar-refractivity contribution < 1.29 is 14.3 Å². The molecular weight excluding hydrogens is 513 g/mol. The number of piperidine rings is 1. The van der Waals surface area contributed by atoms with Gasteiger partial charge in [-0.3, -0.25) is 14.8 Å². The van der Waals surface area contributed by atoms with Crippen LogP contribution in [-0.2, 0) is 12.5 Å². The summed E-state index contributed by atoms with van der Waals surface area (Å²) in [5.41, 5.74) is 1.77. The second kappa shape index (κ2) is 11.0. The van der Waals surface area contributed by atoms with Gasteiger partial charge in [0.15, 0.2) is 0 Å². The third-order valence-corrected chi connectivity index (χ3v) is 6.84. The first-order valence-electron chi connectivity index (χ1n) is 12.1. The number of halogens is 2. The van der Waals surface area contributed by atoms with Crippen LogP contribution in [0.15, 0.2) is 48.5 Å². The van der Waals surface area contributed by atoms with Crippen molar-refractivity contribution in [2.75, 3.05) is 23.7 Å². The zero-order valence-corrected chi connectivity index (χ0v) is 22.9. The molecule has 1 aliphatic heterocycles. The van der Waals surface area contributed by atoms with Crippen LogP contribution >= 0.6 is 23.2 Å². The summed E-state index contributed by atoms with van der Waals surface area (Å²) < 4.78 is 7.76. The van der Waals surface area contributed by atoms with Gasteiger partial charge in [-0.05, 0) is 36.4 Å². The fraction of sp³-hybridized carbons (Fsp3) is 0.370. The van der Waals surface area contributed by atoms with E-state index in [0.29, 0.717) is 58.8 Å². The van der Waals surface area contributed by atoms with E-state index in [2.05, 4.69) is 36.5 Å². The Morgan fingerprint density at radius 2 is 1.62 bits per heavy atom. The van der Waals surface area contributed by atoms with Gasteiger partial charge in [0.2, 0.25) is 0 Å². The Balaban J connectivity index is 1.27. The number of amides is 3. The van der Waals surface area contributed by atoms with Crippen LogP contribution in [0.3, 0.4) is 0 Å². The topological polar surface area (TPSA) is 88.5 Å². The third-order valence-electron chi connectivity index (χ3n) is 6.21. The number of carbonyl (C=O) groups is 2. The summed E-state index contributed by atoms with van der Waals surface area (Å²) in [6.07, 6.45) is 1.37. The molecule has 1 saturated heterocycles. The maximum atomic E-state index is 12.9. The lowest BCUT2D eigenvalue weighted by molar-refractivity contribution is 0.0596. The average molecular weight is 544 g/mol. The van der Waals surface area contributed by atoms with Crippen LogP contribution in [0.2, 0.25) is 10.0 Å². The highest BCUT2D eigenvalue weighted by Gasteiger charge is 2.27. The minimum absolute atomic E-state index is 0.0188. The maximum absolute atomic E-state index is 12.9. The van der Waals surface area contributed by atoms with Crippen LogP contribution in [0.1, 0.15) is 49.7 Å². The highest BCUT2D eigenvalue weighted by Crippen LogP contribution is 2.28. The van der Waals surface area contributed by atoms with Crippen molar-refractivity contribution in [3.8, 4) is 5.75 Å². The molecular formula is C27H31Cl2N5O3. The number of nitrogens with one attached hydrogen (secondary N) is 2. The van der Waals surface area contributed by atoms with Crippen molar-refractivity contribution in [2.24, 2.45) is 7.05 Å². The third kappa shape index (κ3) is 6.56. The molecule has 0 atom stereocenters. The molecule has 0 bridgehead atoms. The molecule has 1 fully saturated rings. The van der Waals surface area contributed by atoms with Gasteiger partial charge in [0.25, 0.3) is 5.91 Å². The number of likely N-dealkylation sites (tertiary alicyclic amines) is 1. The Kier molecular flexibility index (Phi) is 7.99. The highest BCUT2D eigenvalue weighted by molar-refractivity contribution is 6.39. The van der Waals surface area contributed by atoms with E-state index in [9.17, 15) is 9.59 Å². The Morgan fingerprint density at radius 1 is 1.00 bits per heavy atom. The van der Waals surface area contributed by atoms with Crippen molar-refractivity contribution in [2.45, 2.75) is 45.1 Å². The largest absolute Gasteiger partial charge is 0.490 e. The molecule has 10 heteroatoms. The van der Waals surface area contributed by atoms with Crippen LogP contribution in [-0.4, -0.2) is 45.8 Å². The molecule has 3 aromatic rings. The summed E-state index contributed by atoms with van der Waals surface area (Å²) in [4.78, 5) is 27.1. The minimum Gasteiger partial charge on any atom is -0.490 e. The maximum Gasteiger partial charge on any atom is 0.324 e. The van der Waals surface area contributed by atoms with Gasteiger partial charge in [0.05, 0.1) is 21.3 Å². The Hall–Kier alpha value is -3.23. The molecule has 8 nitrogen and oxygen atoms in total. The summed E-state index contributed by atoms with van der Waals surface area (Å²) in [5.74, 6) is 1.15. The van der Waals surface area contributed by atoms with Gasteiger partial charge in [-0.25, -0.2) is 4.79 Å². The van der Waals surface area contributed by atoms with Crippen LogP contribution in [0.25, 0.3) is 0 Å². The molecule has 1 aliphatic rings. The molecule has 0 aliphatic carbocycles. The summed E-state index contributed by atoms with van der Waals surface area (Å²) in [6, 6.07) is 13.8. The molecule has 196 valence electrons. The van der Waals surface area contributed by atoms with Crippen LogP contribution in [0.5, 0.6) is 5.75 Å². The summed E-state index contributed by atoms with van der Waals surface area (Å²) in [5, 5.41) is 10.8. The standard InChI is InChI=1S/C27H31Cl2N5O3/c1-27(2,3)22-16-23(33(4)32-22)31-26(36)30-17-8-10-18(11-9-17)37-19-12-14-34(15-13-19)25(35)24-20(28)6-5-7-21(24)29/h5-11,16,19H,12-15H2,1-4H3,(H2,30,31,36). The summed E-state index contributed by atoms with van der Waals surface area (Å²) in [7, 11) is 1.79. The zero-order valence-electron chi connectivity index (χ0n) is 21.3. The molecule has 4 rings (SSSR count). The van der Waals surface area contributed by atoms with Crippen LogP contribution in [0, 0.1) is 0 Å². The number of aromatic nitrogens is 2. The Labute approximate surface area is 226 Å². The first-order valence-corrected chi connectivity index (χ1v) is 12.9. The van der Waals surface area contributed by atoms with Crippen molar-refractivity contribution in [3.63, 3.8) is 0 Å². The molecule has 0 unspecified atom stereocenters. The lowest BCUT2D eigenvalue weighted by Crippen LogP contribution is -2.42. The van der Waals surface area contributed by atoms with Crippen LogP contribution < -0.4 is 15.4 Å². The van der Waals surface area contributed by atoms with Gasteiger partial charge in [-0.1, -0.05) is 50.0 Å². The summed E-state index contributed by atoms with van der Waals surface area (Å²) in [6.45, 7) is 7.32. The van der Waals surface area contributed by atoms with Gasteiger partial charge in [-0.15, -0.1) is 0 Å². The SMILES string of the molecule is Cn1nc(C(C)(C)C)cc1NC(=O)Nc1ccc(OC2CCN(C(=O)c3c(Cl)cccc3Cl)CC2)cc1. The van der Waals surface area contributed by atoms with Gasteiger partial charge in [0, 0.05) is 50.1 Å². The second-order valence-electron chi connectivity index (χ2n) is 10.1. The monoisotopic (exact) mass is 543 g/mol. The predicted molar refractivity (Wildman–Crippen MR) is 147 cm³/mol. The number of benzene rings is 2. The molecule has 0 radical (unpaired) electrons. The van der Waals surface area contributed by atoms with E-state index in [-0.39, 0.29) is 23.5 Å². The normalized spacial score (nSPS) is 14.4. The van der Waals surface area contributed by atoms with E-state index in [0.717, 1.165) is 5.69 Å². The quantitative estimate of drug-likeness (QED) is 0.392. The molecule has 3 amide bonds. The Bertz CT molecular complexity index is 1260. The molecule has 2 N–H and O–H groups in total. The Morgan fingerprint density at radius 3 is 2.19 bits per heavy atom.